The molecule has 2 heterocycles. The molecule has 0 amide bonds. The van der Waals surface area contributed by atoms with Gasteiger partial charge in [0.15, 0.2) is 23.0 Å². The van der Waals surface area contributed by atoms with Crippen LogP contribution in [0.25, 0.3) is 22.3 Å². The predicted molar refractivity (Wildman–Crippen MR) is 131 cm³/mol. The molecule has 5 atom stereocenters. The number of aliphatic carboxylic acids is 1. The lowest BCUT2D eigenvalue weighted by molar-refractivity contribution is -0.271. The average molecular weight is 533 g/mol. The summed E-state index contributed by atoms with van der Waals surface area (Å²) in [6, 6.07) is 9.17. The zero-order valence-corrected chi connectivity index (χ0v) is 20.4. The van der Waals surface area contributed by atoms with Crippen molar-refractivity contribution in [2.24, 2.45) is 0 Å². The Hall–Kier alpha value is -3.88. The Morgan fingerprint density at radius 1 is 1.08 bits per heavy atom. The van der Waals surface area contributed by atoms with Gasteiger partial charge in [-0.05, 0) is 31.3 Å². The fourth-order valence-electron chi connectivity index (χ4n) is 3.95. The van der Waals surface area contributed by atoms with E-state index in [1.54, 1.807) is 24.3 Å². The molecule has 0 spiro atoms. The van der Waals surface area contributed by atoms with E-state index >= 15 is 0 Å². The lowest BCUT2D eigenvalue weighted by Gasteiger charge is -2.38. The van der Waals surface area contributed by atoms with Crippen LogP contribution in [-0.4, -0.2) is 89.5 Å². The molecular weight excluding hydrogens is 506 g/mol. The molecule has 0 saturated carbocycles. The lowest BCUT2D eigenvalue weighted by atomic mass is 9.99. The lowest BCUT2D eigenvalue weighted by Crippen LogP contribution is -2.61. The molecule has 4 rings (SSSR count). The second-order valence-electron chi connectivity index (χ2n) is 8.43. The highest BCUT2D eigenvalue weighted by molar-refractivity contribution is 5.89. The maximum absolute atomic E-state index is 12.9. The van der Waals surface area contributed by atoms with Gasteiger partial charge in [-0.15, -0.1) is 0 Å². The van der Waals surface area contributed by atoms with Crippen LogP contribution in [-0.2, 0) is 9.53 Å². The number of carbonyl (C=O) groups is 1. The van der Waals surface area contributed by atoms with Gasteiger partial charge in [0.25, 0.3) is 0 Å². The van der Waals surface area contributed by atoms with Crippen molar-refractivity contribution in [1.29, 1.82) is 0 Å². The van der Waals surface area contributed by atoms with E-state index in [9.17, 15) is 35.1 Å². The van der Waals surface area contributed by atoms with Crippen LogP contribution < -0.4 is 25.0 Å². The highest BCUT2D eigenvalue weighted by Gasteiger charge is 2.48. The summed E-state index contributed by atoms with van der Waals surface area (Å²) >= 11 is 0. The van der Waals surface area contributed by atoms with Crippen molar-refractivity contribution in [2.75, 3.05) is 27.3 Å². The highest BCUT2D eigenvalue weighted by atomic mass is 16.7. The number of benzene rings is 2. The Bertz CT molecular complexity index is 1360. The Labute approximate surface area is 215 Å². The molecule has 6 N–H and O–H groups in total. The zero-order chi connectivity index (χ0) is 27.6. The van der Waals surface area contributed by atoms with Gasteiger partial charge < -0.3 is 54.2 Å². The molecule has 13 heteroatoms. The van der Waals surface area contributed by atoms with Crippen LogP contribution in [0.2, 0.25) is 0 Å². The number of fused-ring (bicyclic) bond motifs is 1. The summed E-state index contributed by atoms with van der Waals surface area (Å²) in [6.45, 7) is 1.13. The smallest absolute Gasteiger partial charge is 0.335 e. The number of ether oxygens (including phenoxy) is 4. The SMILES string of the molecule is CNCCOc1ccc(-c2cc(=O)c3c(O)c(OC)c(OC4OC(C(=O)O)C(O)C(O)C4O)cc3o2)cc1. The predicted octanol–water partition coefficient (Wildman–Crippen LogP) is 0.0434. The van der Waals surface area contributed by atoms with Crippen molar-refractivity contribution in [3.8, 4) is 34.3 Å². The normalized spacial score (nSPS) is 23.2. The number of likely N-dealkylation sites (N-methyl/N-ethyl adjacent to an activating group) is 1. The molecule has 1 saturated heterocycles. The van der Waals surface area contributed by atoms with Gasteiger partial charge >= 0.3 is 5.97 Å². The van der Waals surface area contributed by atoms with Gasteiger partial charge in [0.05, 0.1) is 7.11 Å². The number of carboxylic acid groups (broad SMARTS) is 1. The first-order valence-electron chi connectivity index (χ1n) is 11.5. The second kappa shape index (κ2) is 11.2. The number of carboxylic acids is 1. The van der Waals surface area contributed by atoms with Crippen LogP contribution in [0.5, 0.6) is 23.0 Å². The Morgan fingerprint density at radius 3 is 2.42 bits per heavy atom. The average Bonchev–Trinajstić information content (AvgIpc) is 2.89. The fourth-order valence-corrected chi connectivity index (χ4v) is 3.95. The molecule has 1 aliphatic heterocycles. The summed E-state index contributed by atoms with van der Waals surface area (Å²) in [6.07, 6.45) is -9.39. The topological polar surface area (TPSA) is 197 Å². The molecule has 0 bridgehead atoms. The molecule has 0 radical (unpaired) electrons. The Morgan fingerprint density at radius 2 is 1.79 bits per heavy atom. The molecule has 1 aliphatic rings. The number of phenols is 1. The third-order valence-corrected chi connectivity index (χ3v) is 5.93. The number of aliphatic hydroxyl groups is 3. The molecule has 1 aromatic heterocycles. The molecule has 3 aromatic rings. The number of rotatable bonds is 9. The number of aromatic hydroxyl groups is 1. The molecule has 1 fully saturated rings. The van der Waals surface area contributed by atoms with Crippen molar-refractivity contribution in [1.82, 2.24) is 5.32 Å². The largest absolute Gasteiger partial charge is 0.504 e. The first-order chi connectivity index (χ1) is 18.2. The van der Waals surface area contributed by atoms with Crippen LogP contribution in [0.4, 0.5) is 0 Å². The number of aliphatic hydroxyl groups excluding tert-OH is 3. The molecule has 13 nitrogen and oxygen atoms in total. The van der Waals surface area contributed by atoms with Crippen molar-refractivity contribution in [2.45, 2.75) is 30.7 Å². The van der Waals surface area contributed by atoms with Gasteiger partial charge in [0.1, 0.15) is 47.4 Å². The third kappa shape index (κ3) is 5.23. The van der Waals surface area contributed by atoms with Crippen LogP contribution in [0.1, 0.15) is 0 Å². The number of hydrogen-bond acceptors (Lipinski definition) is 12. The Kier molecular flexibility index (Phi) is 8.04. The summed E-state index contributed by atoms with van der Waals surface area (Å²) in [4.78, 5) is 24.3. The molecule has 5 unspecified atom stereocenters. The summed E-state index contributed by atoms with van der Waals surface area (Å²) in [5, 5.41) is 53.0. The van der Waals surface area contributed by atoms with E-state index in [0.29, 0.717) is 24.5 Å². The maximum atomic E-state index is 12.9. The number of methoxy groups -OCH3 is 1. The number of hydrogen-bond donors (Lipinski definition) is 6. The Balaban J connectivity index is 1.71. The highest BCUT2D eigenvalue weighted by Crippen LogP contribution is 2.43. The second-order valence-corrected chi connectivity index (χ2v) is 8.43. The van der Waals surface area contributed by atoms with E-state index in [0.717, 1.165) is 0 Å². The van der Waals surface area contributed by atoms with E-state index in [1.165, 1.54) is 19.2 Å². The van der Waals surface area contributed by atoms with Gasteiger partial charge in [-0.2, -0.15) is 0 Å². The molecular formula is C25H27NO12. The van der Waals surface area contributed by atoms with Crippen LogP contribution in [0.15, 0.2) is 45.6 Å². The van der Waals surface area contributed by atoms with Crippen LogP contribution in [0, 0.1) is 0 Å². The number of phenolic OH excluding ortho intramolecular Hbond substituents is 1. The van der Waals surface area contributed by atoms with E-state index in [4.69, 9.17) is 23.4 Å². The fraction of sp³-hybridized carbons (Fsp3) is 0.360. The molecule has 38 heavy (non-hydrogen) atoms. The van der Waals surface area contributed by atoms with Crippen LogP contribution >= 0.6 is 0 Å². The van der Waals surface area contributed by atoms with Crippen molar-refractivity contribution >= 4 is 16.9 Å². The van der Waals surface area contributed by atoms with Crippen LogP contribution in [0.3, 0.4) is 0 Å². The van der Waals surface area contributed by atoms with Gasteiger partial charge in [-0.1, -0.05) is 0 Å². The van der Waals surface area contributed by atoms with Crippen molar-refractivity contribution < 1.29 is 53.7 Å². The van der Waals surface area contributed by atoms with E-state index in [-0.39, 0.29) is 28.2 Å². The summed E-state index contributed by atoms with van der Waals surface area (Å²) in [7, 11) is 2.99. The van der Waals surface area contributed by atoms with Crippen molar-refractivity contribution in [3.63, 3.8) is 0 Å². The minimum Gasteiger partial charge on any atom is -0.504 e. The minimum absolute atomic E-state index is 0.115. The van der Waals surface area contributed by atoms with Gasteiger partial charge in [-0.3, -0.25) is 4.79 Å². The third-order valence-electron chi connectivity index (χ3n) is 5.93. The summed E-state index contributed by atoms with van der Waals surface area (Å²) in [5.41, 5.74) is -0.164. The van der Waals surface area contributed by atoms with Gasteiger partial charge in [0, 0.05) is 24.2 Å². The molecule has 2 aromatic carbocycles. The minimum atomic E-state index is -1.92. The monoisotopic (exact) mass is 533 g/mol. The maximum Gasteiger partial charge on any atom is 0.335 e. The number of nitrogens with one attached hydrogen (secondary N) is 1. The zero-order valence-electron chi connectivity index (χ0n) is 20.4. The van der Waals surface area contributed by atoms with Gasteiger partial charge in [0.2, 0.25) is 12.0 Å². The standard InChI is InChI=1S/C25H27NO12/c1-26-7-8-35-12-5-3-11(4-6-12)14-9-13(27)17-15(36-14)10-16(22(34-2)18(17)28)37-25-21(31)19(29)20(30)23(38-25)24(32)33/h3-6,9-10,19-21,23,25-26,28-31H,7-8H2,1-2H3,(H,32,33). The summed E-state index contributed by atoms with van der Waals surface area (Å²) < 4.78 is 27.3. The van der Waals surface area contributed by atoms with E-state index in [1.807, 2.05) is 7.05 Å². The van der Waals surface area contributed by atoms with Gasteiger partial charge in [-0.25, -0.2) is 4.79 Å². The van der Waals surface area contributed by atoms with E-state index in [2.05, 4.69) is 5.32 Å². The van der Waals surface area contributed by atoms with Crippen molar-refractivity contribution in [3.05, 3.63) is 46.6 Å². The molecule has 0 aliphatic carbocycles. The first-order valence-corrected chi connectivity index (χ1v) is 11.5. The quantitative estimate of drug-likeness (QED) is 0.202. The van der Waals surface area contributed by atoms with E-state index < -0.39 is 47.9 Å². The molecule has 204 valence electrons. The summed E-state index contributed by atoms with van der Waals surface area (Å²) in [5.74, 6) is -2.07. The first kappa shape index (κ1) is 27.2.